The lowest BCUT2D eigenvalue weighted by Gasteiger charge is -2.18. The highest BCUT2D eigenvalue weighted by Gasteiger charge is 2.28. The zero-order valence-electron chi connectivity index (χ0n) is 10.9. The molecule has 1 unspecified atom stereocenters. The van der Waals surface area contributed by atoms with Crippen molar-refractivity contribution < 1.29 is 13.2 Å². The summed E-state index contributed by atoms with van der Waals surface area (Å²) in [6.07, 6.45) is 2.00. The number of nitrogens with two attached hydrogens (primary N) is 1. The molecule has 0 aliphatic rings. The molecular weight excluding hydrogens is 240 g/mol. The lowest BCUT2D eigenvalue weighted by atomic mass is 10.2. The van der Waals surface area contributed by atoms with Crippen LogP contribution in [0.15, 0.2) is 0 Å². The first kappa shape index (κ1) is 16.4. The van der Waals surface area contributed by atoms with Gasteiger partial charge in [-0.15, -0.1) is 0 Å². The van der Waals surface area contributed by atoms with E-state index in [0.717, 1.165) is 12.8 Å². The maximum Gasteiger partial charge on any atom is 0.238 e. The van der Waals surface area contributed by atoms with Crippen LogP contribution >= 0.6 is 0 Å². The van der Waals surface area contributed by atoms with E-state index >= 15 is 0 Å². The summed E-state index contributed by atoms with van der Waals surface area (Å²) in [7, 11) is -3.38. The minimum absolute atomic E-state index is 0.0268. The van der Waals surface area contributed by atoms with Crippen LogP contribution in [-0.4, -0.2) is 37.9 Å². The molecule has 17 heavy (non-hydrogen) atoms. The van der Waals surface area contributed by atoms with Crippen LogP contribution in [0.25, 0.3) is 0 Å². The highest BCUT2D eigenvalue weighted by Crippen LogP contribution is 2.06. The maximum atomic E-state index is 11.8. The van der Waals surface area contributed by atoms with Crippen molar-refractivity contribution in [1.82, 2.24) is 5.32 Å². The van der Waals surface area contributed by atoms with Crippen molar-refractivity contribution >= 4 is 15.7 Å². The number of hydrogen-bond acceptors (Lipinski definition) is 4. The molecule has 0 spiro atoms. The van der Waals surface area contributed by atoms with Crippen LogP contribution in [0.1, 0.15) is 40.0 Å². The topological polar surface area (TPSA) is 89.3 Å². The Morgan fingerprint density at radius 3 is 2.24 bits per heavy atom. The summed E-state index contributed by atoms with van der Waals surface area (Å²) in [5, 5.41) is 1.76. The monoisotopic (exact) mass is 264 g/mol. The molecule has 0 aromatic carbocycles. The molecule has 102 valence electrons. The Hall–Kier alpha value is -0.620. The number of sulfone groups is 1. The van der Waals surface area contributed by atoms with E-state index in [2.05, 4.69) is 5.32 Å². The first-order valence-corrected chi connectivity index (χ1v) is 7.82. The lowest BCUT2D eigenvalue weighted by Crippen LogP contribution is -2.43. The average Bonchev–Trinajstić information content (AvgIpc) is 2.32. The van der Waals surface area contributed by atoms with Crippen molar-refractivity contribution in [3.8, 4) is 0 Å². The minimum atomic E-state index is -3.38. The van der Waals surface area contributed by atoms with Crippen LogP contribution in [0.5, 0.6) is 0 Å². The fraction of sp³-hybridized carbons (Fsp3) is 0.909. The van der Waals surface area contributed by atoms with E-state index in [1.165, 1.54) is 6.92 Å². The summed E-state index contributed by atoms with van der Waals surface area (Å²) in [6, 6.07) is 0.0506. The molecule has 0 aliphatic carbocycles. The molecule has 5 nitrogen and oxygen atoms in total. The number of hydrogen-bond donors (Lipinski definition) is 2. The van der Waals surface area contributed by atoms with Gasteiger partial charge in [-0.2, -0.15) is 0 Å². The third kappa shape index (κ3) is 5.50. The Morgan fingerprint density at radius 1 is 1.29 bits per heavy atom. The Bertz CT molecular complexity index is 324. The molecule has 0 rings (SSSR count). The fourth-order valence-electron chi connectivity index (χ4n) is 1.44. The first-order valence-electron chi connectivity index (χ1n) is 6.11. The van der Waals surface area contributed by atoms with Crippen molar-refractivity contribution in [3.63, 3.8) is 0 Å². The van der Waals surface area contributed by atoms with Crippen LogP contribution in [0.2, 0.25) is 0 Å². The fourth-order valence-corrected chi connectivity index (χ4v) is 2.75. The number of nitrogens with one attached hydrogen (secondary N) is 1. The quantitative estimate of drug-likeness (QED) is 0.666. The molecule has 1 amide bonds. The SMILES string of the molecule is CCC(CC)NC(=O)C(C)S(=O)(=O)CCCN. The zero-order chi connectivity index (χ0) is 13.5. The van der Waals surface area contributed by atoms with Crippen molar-refractivity contribution in [2.75, 3.05) is 12.3 Å². The Morgan fingerprint density at radius 2 is 1.82 bits per heavy atom. The van der Waals surface area contributed by atoms with Crippen LogP contribution in [0, 0.1) is 0 Å². The first-order chi connectivity index (χ1) is 7.88. The third-order valence-electron chi connectivity index (χ3n) is 2.87. The van der Waals surface area contributed by atoms with Gasteiger partial charge in [0.2, 0.25) is 5.91 Å². The molecular formula is C11H24N2O3S. The summed E-state index contributed by atoms with van der Waals surface area (Å²) in [4.78, 5) is 11.8. The maximum absolute atomic E-state index is 11.8. The Labute approximate surface area is 104 Å². The largest absolute Gasteiger partial charge is 0.352 e. The van der Waals surface area contributed by atoms with Crippen LogP contribution < -0.4 is 11.1 Å². The van der Waals surface area contributed by atoms with Crippen molar-refractivity contribution in [3.05, 3.63) is 0 Å². The number of rotatable bonds is 8. The molecule has 0 saturated heterocycles. The van der Waals surface area contributed by atoms with Gasteiger partial charge >= 0.3 is 0 Å². The molecule has 3 N–H and O–H groups in total. The standard InChI is InChI=1S/C11H24N2O3S/c1-4-10(5-2)13-11(14)9(3)17(15,16)8-6-7-12/h9-10H,4-8,12H2,1-3H3,(H,13,14). The highest BCUT2D eigenvalue weighted by atomic mass is 32.2. The van der Waals surface area contributed by atoms with E-state index in [-0.39, 0.29) is 11.8 Å². The van der Waals surface area contributed by atoms with Gasteiger partial charge in [0, 0.05) is 6.04 Å². The molecule has 0 bridgehead atoms. The summed E-state index contributed by atoms with van der Waals surface area (Å²) in [6.45, 7) is 5.67. The van der Waals surface area contributed by atoms with Gasteiger partial charge in [0.25, 0.3) is 0 Å². The van der Waals surface area contributed by atoms with E-state index in [4.69, 9.17) is 5.73 Å². The van der Waals surface area contributed by atoms with E-state index in [1.54, 1.807) is 0 Å². The predicted octanol–water partition coefficient (Wildman–Crippen LogP) is 0.443. The van der Waals surface area contributed by atoms with Gasteiger partial charge in [0.15, 0.2) is 9.84 Å². The molecule has 1 atom stereocenters. The smallest absolute Gasteiger partial charge is 0.238 e. The average molecular weight is 264 g/mol. The van der Waals surface area contributed by atoms with Crippen molar-refractivity contribution in [2.45, 2.75) is 51.3 Å². The summed E-state index contributed by atoms with van der Waals surface area (Å²) >= 11 is 0. The van der Waals surface area contributed by atoms with Crippen molar-refractivity contribution in [1.29, 1.82) is 0 Å². The molecule has 0 radical (unpaired) electrons. The molecule has 0 aromatic heterocycles. The molecule has 0 fully saturated rings. The van der Waals surface area contributed by atoms with Gasteiger partial charge in [0.05, 0.1) is 5.75 Å². The molecule has 0 aliphatic heterocycles. The van der Waals surface area contributed by atoms with Crippen molar-refractivity contribution in [2.24, 2.45) is 5.73 Å². The zero-order valence-corrected chi connectivity index (χ0v) is 11.7. The summed E-state index contributed by atoms with van der Waals surface area (Å²) in [5.74, 6) is -0.434. The molecule has 0 saturated carbocycles. The summed E-state index contributed by atoms with van der Waals surface area (Å²) in [5.41, 5.74) is 5.27. The molecule has 6 heteroatoms. The van der Waals surface area contributed by atoms with Gasteiger partial charge in [-0.1, -0.05) is 13.8 Å². The van der Waals surface area contributed by atoms with Gasteiger partial charge in [-0.05, 0) is 32.7 Å². The number of amides is 1. The van der Waals surface area contributed by atoms with E-state index in [9.17, 15) is 13.2 Å². The predicted molar refractivity (Wildman–Crippen MR) is 69.4 cm³/mol. The normalized spacial score (nSPS) is 13.7. The lowest BCUT2D eigenvalue weighted by molar-refractivity contribution is -0.121. The number of carbonyl (C=O) groups is 1. The van der Waals surface area contributed by atoms with Crippen LogP contribution in [0.4, 0.5) is 0 Å². The molecule has 0 aromatic rings. The molecule has 0 heterocycles. The van der Waals surface area contributed by atoms with E-state index in [1.807, 2.05) is 13.8 Å². The van der Waals surface area contributed by atoms with Crippen LogP contribution in [0.3, 0.4) is 0 Å². The van der Waals surface area contributed by atoms with Gasteiger partial charge in [0.1, 0.15) is 5.25 Å². The Balaban J connectivity index is 4.48. The van der Waals surface area contributed by atoms with Gasteiger partial charge in [-0.25, -0.2) is 8.42 Å². The Kier molecular flexibility index (Phi) is 7.38. The second-order valence-electron chi connectivity index (χ2n) is 4.17. The van der Waals surface area contributed by atoms with Gasteiger partial charge < -0.3 is 11.1 Å². The number of carbonyl (C=O) groups excluding carboxylic acids is 1. The van der Waals surface area contributed by atoms with Gasteiger partial charge in [-0.3, -0.25) is 4.79 Å². The second-order valence-corrected chi connectivity index (χ2v) is 6.61. The van der Waals surface area contributed by atoms with E-state index in [0.29, 0.717) is 13.0 Å². The summed E-state index contributed by atoms with van der Waals surface area (Å²) < 4.78 is 23.5. The van der Waals surface area contributed by atoms with E-state index < -0.39 is 21.0 Å². The van der Waals surface area contributed by atoms with Crippen LogP contribution in [-0.2, 0) is 14.6 Å². The highest BCUT2D eigenvalue weighted by molar-refractivity contribution is 7.92. The third-order valence-corrected chi connectivity index (χ3v) is 5.02. The minimum Gasteiger partial charge on any atom is -0.352 e. The second kappa shape index (κ2) is 7.66.